The van der Waals surface area contributed by atoms with Crippen molar-refractivity contribution < 1.29 is 23.5 Å². The molecule has 2 rings (SSSR count). The number of piperazine rings is 1. The Morgan fingerprint density at radius 1 is 1.17 bits per heavy atom. The Hall–Kier alpha value is -1.83. The molecule has 8 heteroatoms. The van der Waals surface area contributed by atoms with Crippen molar-refractivity contribution in [1.29, 1.82) is 0 Å². The Morgan fingerprint density at radius 2 is 1.86 bits per heavy atom. The minimum absolute atomic E-state index is 0.129. The van der Waals surface area contributed by atoms with Crippen LogP contribution in [0.1, 0.15) is 75.3 Å². The molecular weight excluding hydrogens is 440 g/mol. The molecule has 1 N–H and O–H groups in total. The molecule has 2 heterocycles. The Morgan fingerprint density at radius 3 is 2.52 bits per heavy atom. The molecule has 1 atom stereocenters. The zero-order valence-corrected chi connectivity index (χ0v) is 18.7. The lowest BCUT2D eigenvalue weighted by Gasteiger charge is -2.33. The van der Waals surface area contributed by atoms with Gasteiger partial charge in [0.05, 0.1) is 13.0 Å². The third kappa shape index (κ3) is 7.84. The predicted molar refractivity (Wildman–Crippen MR) is 112 cm³/mol. The normalized spacial score (nSPS) is 16.6. The number of unbranched alkanes of at least 4 members (excludes halogenated alkanes) is 7. The van der Waals surface area contributed by atoms with Gasteiger partial charge in [-0.05, 0) is 34.5 Å². The first-order valence-electron chi connectivity index (χ1n) is 10.5. The number of carbonyl (C=O) groups is 3. The lowest BCUT2D eigenvalue weighted by Crippen LogP contribution is -2.57. The van der Waals surface area contributed by atoms with Crippen molar-refractivity contribution >= 4 is 33.7 Å². The third-order valence-corrected chi connectivity index (χ3v) is 5.42. The SMILES string of the molecule is CCCCCCCCCCOC(=O)CC1C(=O)NCCN1C(=O)c1ccc(Br)o1. The number of ether oxygens (including phenoxy) is 1. The lowest BCUT2D eigenvalue weighted by atomic mass is 10.1. The lowest BCUT2D eigenvalue weighted by molar-refractivity contribution is -0.147. The molecule has 1 saturated heterocycles. The number of esters is 1. The Labute approximate surface area is 180 Å². The van der Waals surface area contributed by atoms with E-state index in [1.54, 1.807) is 6.07 Å². The number of furan rings is 1. The summed E-state index contributed by atoms with van der Waals surface area (Å²) in [5.74, 6) is -1.09. The molecule has 1 aromatic heterocycles. The van der Waals surface area contributed by atoms with Crippen molar-refractivity contribution in [3.63, 3.8) is 0 Å². The highest BCUT2D eigenvalue weighted by atomic mass is 79.9. The summed E-state index contributed by atoms with van der Waals surface area (Å²) in [5.41, 5.74) is 0. The molecule has 7 nitrogen and oxygen atoms in total. The van der Waals surface area contributed by atoms with Gasteiger partial charge in [0, 0.05) is 13.1 Å². The van der Waals surface area contributed by atoms with Gasteiger partial charge in [0.15, 0.2) is 10.4 Å². The van der Waals surface area contributed by atoms with E-state index in [-0.39, 0.29) is 18.1 Å². The predicted octanol–water partition coefficient (Wildman–Crippen LogP) is 4.06. The van der Waals surface area contributed by atoms with Gasteiger partial charge in [-0.1, -0.05) is 51.9 Å². The fourth-order valence-corrected chi connectivity index (χ4v) is 3.68. The summed E-state index contributed by atoms with van der Waals surface area (Å²) in [7, 11) is 0. The van der Waals surface area contributed by atoms with Crippen molar-refractivity contribution in [2.75, 3.05) is 19.7 Å². The standard InChI is InChI=1S/C21H31BrN2O5/c1-2-3-4-5-6-7-8-9-14-28-19(25)15-16-20(26)23-12-13-24(16)21(27)17-10-11-18(22)29-17/h10-11,16H,2-9,12-15H2,1H3,(H,23,26). The summed E-state index contributed by atoms with van der Waals surface area (Å²) in [5, 5.41) is 2.70. The van der Waals surface area contributed by atoms with Crippen molar-refractivity contribution in [1.82, 2.24) is 10.2 Å². The summed E-state index contributed by atoms with van der Waals surface area (Å²) < 4.78 is 11.0. The van der Waals surface area contributed by atoms with Gasteiger partial charge in [0.1, 0.15) is 6.04 Å². The van der Waals surface area contributed by atoms with Crippen LogP contribution in [0.25, 0.3) is 0 Å². The van der Waals surface area contributed by atoms with Crippen molar-refractivity contribution in [3.05, 3.63) is 22.6 Å². The van der Waals surface area contributed by atoms with E-state index in [2.05, 4.69) is 28.2 Å². The van der Waals surface area contributed by atoms with Crippen LogP contribution in [0.4, 0.5) is 0 Å². The van der Waals surface area contributed by atoms with Gasteiger partial charge in [-0.25, -0.2) is 0 Å². The largest absolute Gasteiger partial charge is 0.466 e. The average Bonchev–Trinajstić information content (AvgIpc) is 3.14. The van der Waals surface area contributed by atoms with Crippen LogP contribution in [0.15, 0.2) is 21.2 Å². The molecule has 0 bridgehead atoms. The summed E-state index contributed by atoms with van der Waals surface area (Å²) in [6.45, 7) is 3.22. The minimum atomic E-state index is -0.883. The Balaban J connectivity index is 1.73. The maximum Gasteiger partial charge on any atom is 0.308 e. The number of halogens is 1. The zero-order valence-electron chi connectivity index (χ0n) is 17.1. The molecule has 2 amide bonds. The third-order valence-electron chi connectivity index (χ3n) is 5.00. The van der Waals surface area contributed by atoms with E-state index in [1.807, 2.05) is 0 Å². The van der Waals surface area contributed by atoms with E-state index in [0.29, 0.717) is 24.4 Å². The van der Waals surface area contributed by atoms with Crippen molar-refractivity contribution in [2.45, 2.75) is 70.8 Å². The molecule has 1 fully saturated rings. The molecule has 0 radical (unpaired) electrons. The quantitative estimate of drug-likeness (QED) is 0.367. The van der Waals surface area contributed by atoms with E-state index >= 15 is 0 Å². The number of hydrogen-bond acceptors (Lipinski definition) is 5. The van der Waals surface area contributed by atoms with Gasteiger partial charge < -0.3 is 19.4 Å². The number of nitrogens with one attached hydrogen (secondary N) is 1. The summed E-state index contributed by atoms with van der Waals surface area (Å²) in [4.78, 5) is 38.5. The first kappa shape index (κ1) is 23.4. The van der Waals surface area contributed by atoms with E-state index in [9.17, 15) is 14.4 Å². The summed E-state index contributed by atoms with van der Waals surface area (Å²) in [6, 6.07) is 2.27. The van der Waals surface area contributed by atoms with E-state index < -0.39 is 17.9 Å². The second-order valence-corrected chi connectivity index (χ2v) is 8.09. The van der Waals surface area contributed by atoms with Gasteiger partial charge in [-0.3, -0.25) is 14.4 Å². The molecule has 0 saturated carbocycles. The molecule has 162 valence electrons. The highest BCUT2D eigenvalue weighted by molar-refractivity contribution is 9.10. The fraction of sp³-hybridized carbons (Fsp3) is 0.667. The van der Waals surface area contributed by atoms with E-state index in [1.165, 1.54) is 43.1 Å². The maximum absolute atomic E-state index is 12.7. The van der Waals surface area contributed by atoms with Crippen LogP contribution in [0.5, 0.6) is 0 Å². The molecule has 0 aliphatic carbocycles. The van der Waals surface area contributed by atoms with Gasteiger partial charge in [0.25, 0.3) is 5.91 Å². The van der Waals surface area contributed by atoms with Crippen molar-refractivity contribution in [2.24, 2.45) is 0 Å². The smallest absolute Gasteiger partial charge is 0.308 e. The summed E-state index contributed by atoms with van der Waals surface area (Å²) in [6.07, 6.45) is 9.15. The highest BCUT2D eigenvalue weighted by Crippen LogP contribution is 2.19. The number of hydrogen-bond donors (Lipinski definition) is 1. The van der Waals surface area contributed by atoms with Crippen LogP contribution in [0.2, 0.25) is 0 Å². The first-order valence-corrected chi connectivity index (χ1v) is 11.3. The van der Waals surface area contributed by atoms with Crippen LogP contribution in [-0.2, 0) is 14.3 Å². The molecule has 0 aromatic carbocycles. The van der Waals surface area contributed by atoms with Gasteiger partial charge in [-0.2, -0.15) is 0 Å². The van der Waals surface area contributed by atoms with E-state index in [0.717, 1.165) is 19.3 Å². The molecule has 1 aliphatic rings. The number of amides is 2. The van der Waals surface area contributed by atoms with Gasteiger partial charge >= 0.3 is 5.97 Å². The van der Waals surface area contributed by atoms with Crippen LogP contribution in [0, 0.1) is 0 Å². The van der Waals surface area contributed by atoms with E-state index in [4.69, 9.17) is 9.15 Å². The van der Waals surface area contributed by atoms with Crippen molar-refractivity contribution in [3.8, 4) is 0 Å². The Bertz CT molecular complexity index is 676. The van der Waals surface area contributed by atoms with Crippen LogP contribution < -0.4 is 5.32 Å². The molecule has 1 aromatic rings. The van der Waals surface area contributed by atoms with Gasteiger partial charge in [-0.15, -0.1) is 0 Å². The van der Waals surface area contributed by atoms with Gasteiger partial charge in [0.2, 0.25) is 5.91 Å². The number of rotatable bonds is 12. The number of carbonyl (C=O) groups excluding carboxylic acids is 3. The van der Waals surface area contributed by atoms with Crippen LogP contribution in [0.3, 0.4) is 0 Å². The van der Waals surface area contributed by atoms with Crippen LogP contribution >= 0.6 is 15.9 Å². The second kappa shape index (κ2) is 12.7. The average molecular weight is 471 g/mol. The van der Waals surface area contributed by atoms with Crippen LogP contribution in [-0.4, -0.2) is 48.4 Å². The first-order chi connectivity index (χ1) is 14.0. The minimum Gasteiger partial charge on any atom is -0.466 e. The number of nitrogens with zero attached hydrogens (tertiary/aromatic N) is 1. The second-order valence-electron chi connectivity index (χ2n) is 7.31. The fourth-order valence-electron chi connectivity index (χ4n) is 3.37. The maximum atomic E-state index is 12.7. The topological polar surface area (TPSA) is 88.9 Å². The molecule has 1 aliphatic heterocycles. The zero-order chi connectivity index (χ0) is 21.1. The monoisotopic (exact) mass is 470 g/mol. The molecule has 29 heavy (non-hydrogen) atoms. The summed E-state index contributed by atoms with van der Waals surface area (Å²) >= 11 is 3.16. The molecule has 1 unspecified atom stereocenters. The Kier molecular flexibility index (Phi) is 10.2. The molecular formula is C21H31BrN2O5. The highest BCUT2D eigenvalue weighted by Gasteiger charge is 2.36. The molecule has 0 spiro atoms.